The van der Waals surface area contributed by atoms with Crippen LogP contribution in [0.3, 0.4) is 0 Å². The van der Waals surface area contributed by atoms with Crippen molar-refractivity contribution in [2.75, 3.05) is 38.6 Å². The SMILES string of the molecule is COC(=O)C(=N)C(=CC(=O)Nc1ccc(F)cc1)N1CCN(C(=O)OC(C)(C)C)CC1. The smallest absolute Gasteiger partial charge is 0.410 e. The van der Waals surface area contributed by atoms with Gasteiger partial charge < -0.3 is 24.6 Å². The van der Waals surface area contributed by atoms with Gasteiger partial charge in [-0.1, -0.05) is 0 Å². The number of methoxy groups -OCH3 is 1. The maximum Gasteiger partial charge on any atom is 0.410 e. The van der Waals surface area contributed by atoms with Crippen LogP contribution in [0.4, 0.5) is 14.9 Å². The van der Waals surface area contributed by atoms with Crippen molar-refractivity contribution in [3.63, 3.8) is 0 Å². The van der Waals surface area contributed by atoms with E-state index in [9.17, 15) is 18.8 Å². The minimum absolute atomic E-state index is 0.0651. The van der Waals surface area contributed by atoms with E-state index in [1.54, 1.807) is 25.7 Å². The molecule has 31 heavy (non-hydrogen) atoms. The van der Waals surface area contributed by atoms with Crippen LogP contribution >= 0.6 is 0 Å². The third-order valence-corrected chi connectivity index (χ3v) is 4.30. The molecule has 168 valence electrons. The number of rotatable bonds is 5. The number of carbonyl (C=O) groups is 3. The van der Waals surface area contributed by atoms with Gasteiger partial charge in [-0.25, -0.2) is 14.0 Å². The fourth-order valence-corrected chi connectivity index (χ4v) is 2.82. The summed E-state index contributed by atoms with van der Waals surface area (Å²) in [6.07, 6.45) is 0.668. The van der Waals surface area contributed by atoms with Crippen LogP contribution in [-0.2, 0) is 19.1 Å². The highest BCUT2D eigenvalue weighted by atomic mass is 19.1. The average molecular weight is 434 g/mol. The van der Waals surface area contributed by atoms with E-state index in [0.717, 1.165) is 13.2 Å². The zero-order valence-corrected chi connectivity index (χ0v) is 18.0. The van der Waals surface area contributed by atoms with Gasteiger partial charge in [-0.3, -0.25) is 10.2 Å². The molecule has 1 heterocycles. The van der Waals surface area contributed by atoms with Crippen molar-refractivity contribution in [3.05, 3.63) is 41.9 Å². The second-order valence-electron chi connectivity index (χ2n) is 7.85. The molecule has 1 aliphatic heterocycles. The molecule has 10 heteroatoms. The molecule has 1 aliphatic rings. The lowest BCUT2D eigenvalue weighted by Gasteiger charge is -2.37. The summed E-state index contributed by atoms with van der Waals surface area (Å²) in [5.74, 6) is -1.93. The van der Waals surface area contributed by atoms with Crippen LogP contribution in [0.1, 0.15) is 20.8 Å². The number of carbonyl (C=O) groups excluding carboxylic acids is 3. The van der Waals surface area contributed by atoms with Crippen molar-refractivity contribution >= 4 is 29.4 Å². The molecule has 9 nitrogen and oxygen atoms in total. The predicted octanol–water partition coefficient (Wildman–Crippen LogP) is 2.39. The maximum absolute atomic E-state index is 13.0. The number of nitrogens with zero attached hydrogens (tertiary/aromatic N) is 2. The van der Waals surface area contributed by atoms with Crippen LogP contribution < -0.4 is 5.32 Å². The van der Waals surface area contributed by atoms with Gasteiger partial charge in [0.25, 0.3) is 5.91 Å². The van der Waals surface area contributed by atoms with E-state index >= 15 is 0 Å². The Hall–Kier alpha value is -3.43. The van der Waals surface area contributed by atoms with Gasteiger partial charge in [0.05, 0.1) is 12.8 Å². The third kappa shape index (κ3) is 7.09. The van der Waals surface area contributed by atoms with Crippen molar-refractivity contribution in [1.82, 2.24) is 9.80 Å². The van der Waals surface area contributed by atoms with E-state index in [4.69, 9.17) is 10.1 Å². The van der Waals surface area contributed by atoms with E-state index in [-0.39, 0.29) is 18.8 Å². The summed E-state index contributed by atoms with van der Waals surface area (Å²) >= 11 is 0. The number of ether oxygens (including phenoxy) is 2. The summed E-state index contributed by atoms with van der Waals surface area (Å²) in [6, 6.07) is 5.19. The first kappa shape index (κ1) is 23.8. The molecule has 0 aliphatic carbocycles. The quantitative estimate of drug-likeness (QED) is 0.418. The summed E-state index contributed by atoms with van der Waals surface area (Å²) in [4.78, 5) is 39.8. The zero-order valence-electron chi connectivity index (χ0n) is 18.0. The molecule has 0 bridgehead atoms. The summed E-state index contributed by atoms with van der Waals surface area (Å²) in [6.45, 7) is 6.49. The first-order chi connectivity index (χ1) is 14.5. The van der Waals surface area contributed by atoms with Crippen LogP contribution in [0.5, 0.6) is 0 Å². The lowest BCUT2D eigenvalue weighted by molar-refractivity contribution is -0.132. The average Bonchev–Trinajstić information content (AvgIpc) is 2.71. The predicted molar refractivity (Wildman–Crippen MR) is 112 cm³/mol. The number of nitrogens with one attached hydrogen (secondary N) is 2. The van der Waals surface area contributed by atoms with Gasteiger partial charge in [0, 0.05) is 37.9 Å². The lowest BCUT2D eigenvalue weighted by atomic mass is 10.1. The Labute approximate surface area is 180 Å². The van der Waals surface area contributed by atoms with Gasteiger partial charge in [0.1, 0.15) is 11.4 Å². The highest BCUT2D eigenvalue weighted by Crippen LogP contribution is 2.16. The Morgan fingerprint density at radius 3 is 2.13 bits per heavy atom. The topological polar surface area (TPSA) is 112 Å². The van der Waals surface area contributed by atoms with Crippen molar-refractivity contribution in [2.24, 2.45) is 0 Å². The normalized spacial score (nSPS) is 14.7. The van der Waals surface area contributed by atoms with Crippen LogP contribution in [0.15, 0.2) is 36.0 Å². The van der Waals surface area contributed by atoms with Crippen LogP contribution in [-0.4, -0.2) is 72.4 Å². The Balaban J connectivity index is 2.13. The van der Waals surface area contributed by atoms with E-state index < -0.39 is 35.1 Å². The van der Waals surface area contributed by atoms with Crippen molar-refractivity contribution in [1.29, 1.82) is 5.41 Å². The minimum atomic E-state index is -0.893. The molecule has 0 atom stereocenters. The molecule has 2 amide bonds. The number of hydrogen-bond donors (Lipinski definition) is 2. The second-order valence-corrected chi connectivity index (χ2v) is 7.85. The summed E-state index contributed by atoms with van der Waals surface area (Å²) in [7, 11) is 1.15. The standard InChI is InChI=1S/C21H27FN4O5/c1-21(2,3)31-20(29)26-11-9-25(10-12-26)16(18(23)19(28)30-4)13-17(27)24-15-7-5-14(22)6-8-15/h5-8,13,23H,9-12H2,1-4H3,(H,24,27). The first-order valence-corrected chi connectivity index (χ1v) is 9.68. The Morgan fingerprint density at radius 1 is 1.06 bits per heavy atom. The molecule has 0 unspecified atom stereocenters. The summed E-state index contributed by atoms with van der Waals surface area (Å²) < 4.78 is 23.0. The molecule has 0 aromatic heterocycles. The first-order valence-electron chi connectivity index (χ1n) is 9.68. The van der Waals surface area contributed by atoms with Gasteiger partial charge in [-0.05, 0) is 45.0 Å². The molecular weight excluding hydrogens is 407 g/mol. The number of benzene rings is 1. The Kier molecular flexibility index (Phi) is 7.73. The van der Waals surface area contributed by atoms with Crippen LogP contribution in [0, 0.1) is 11.2 Å². The van der Waals surface area contributed by atoms with E-state index in [2.05, 4.69) is 10.1 Å². The van der Waals surface area contributed by atoms with Crippen LogP contribution in [0.2, 0.25) is 0 Å². The highest BCUT2D eigenvalue weighted by Gasteiger charge is 2.29. The van der Waals surface area contributed by atoms with Gasteiger partial charge in [0.2, 0.25) is 0 Å². The molecule has 0 spiro atoms. The number of hydrogen-bond acceptors (Lipinski definition) is 7. The number of amides is 2. The minimum Gasteiger partial charge on any atom is -0.464 e. The highest BCUT2D eigenvalue weighted by molar-refractivity contribution is 6.42. The van der Waals surface area contributed by atoms with E-state index in [0.29, 0.717) is 18.8 Å². The second kappa shape index (κ2) is 10.1. The van der Waals surface area contributed by atoms with Gasteiger partial charge in [-0.2, -0.15) is 0 Å². The fourth-order valence-electron chi connectivity index (χ4n) is 2.82. The monoisotopic (exact) mass is 434 g/mol. The van der Waals surface area contributed by atoms with E-state index in [1.807, 2.05) is 0 Å². The van der Waals surface area contributed by atoms with Crippen molar-refractivity contribution in [2.45, 2.75) is 26.4 Å². The summed E-state index contributed by atoms with van der Waals surface area (Å²) in [5, 5.41) is 10.7. The van der Waals surface area contributed by atoms with E-state index in [1.165, 1.54) is 29.2 Å². The number of halogens is 1. The van der Waals surface area contributed by atoms with Crippen molar-refractivity contribution in [3.8, 4) is 0 Å². The van der Waals surface area contributed by atoms with Crippen molar-refractivity contribution < 1.29 is 28.2 Å². The molecule has 0 radical (unpaired) electrons. The lowest BCUT2D eigenvalue weighted by Crippen LogP contribution is -2.50. The van der Waals surface area contributed by atoms with Gasteiger partial charge in [-0.15, -0.1) is 0 Å². The maximum atomic E-state index is 13.0. The molecule has 0 saturated carbocycles. The number of anilines is 1. The van der Waals surface area contributed by atoms with Gasteiger partial charge in [0.15, 0.2) is 5.71 Å². The zero-order chi connectivity index (χ0) is 23.2. The number of esters is 1. The molecule has 1 fully saturated rings. The Bertz CT molecular complexity index is 869. The largest absolute Gasteiger partial charge is 0.464 e. The Morgan fingerprint density at radius 2 is 1.61 bits per heavy atom. The molecule has 1 aromatic carbocycles. The fraction of sp³-hybridized carbons (Fsp3) is 0.429. The van der Waals surface area contributed by atoms with Gasteiger partial charge >= 0.3 is 12.1 Å². The molecule has 2 N–H and O–H groups in total. The van der Waals surface area contributed by atoms with Crippen LogP contribution in [0.25, 0.3) is 0 Å². The number of piperazine rings is 1. The summed E-state index contributed by atoms with van der Waals surface area (Å²) in [5.41, 5.74) is -0.677. The third-order valence-electron chi connectivity index (χ3n) is 4.30. The molecular formula is C21H27FN4O5. The molecule has 1 aromatic rings. The molecule has 1 saturated heterocycles. The molecule has 2 rings (SSSR count).